The maximum atomic E-state index is 14.8. The Morgan fingerprint density at radius 1 is 0.971 bits per heavy atom. The van der Waals surface area contributed by atoms with Gasteiger partial charge in [0.1, 0.15) is 28.9 Å². The van der Waals surface area contributed by atoms with Crippen LogP contribution >= 0.6 is 0 Å². The molecule has 6 rings (SSSR count). The third kappa shape index (κ3) is 4.12. The zero-order valence-electron chi connectivity index (χ0n) is 19.7. The average Bonchev–Trinajstić information content (AvgIpc) is 3.55. The lowest BCUT2D eigenvalue weighted by molar-refractivity contribution is -0.0203. The zero-order valence-corrected chi connectivity index (χ0v) is 19.7. The summed E-state index contributed by atoms with van der Waals surface area (Å²) in [6, 6.07) is 5.92. The highest BCUT2D eigenvalue weighted by atomic mass is 19.1. The lowest BCUT2D eigenvalue weighted by Crippen LogP contribution is -2.44. The van der Waals surface area contributed by atoms with Crippen molar-refractivity contribution in [2.24, 2.45) is 0 Å². The minimum Gasteiger partial charge on any atom is -0.365 e. The number of ether oxygens (including phenoxy) is 1. The highest BCUT2D eigenvalue weighted by Crippen LogP contribution is 2.36. The Bertz CT molecular complexity index is 1440. The highest BCUT2D eigenvalue weighted by molar-refractivity contribution is 5.88. The predicted molar refractivity (Wildman–Crippen MR) is 126 cm³/mol. The highest BCUT2D eigenvalue weighted by Gasteiger charge is 2.32. The Balaban J connectivity index is 1.43. The molecule has 1 aliphatic carbocycles. The number of hydrogen-bond donors (Lipinski definition) is 0. The molecule has 8 nitrogen and oxygen atoms in total. The molecule has 4 heterocycles. The van der Waals surface area contributed by atoms with E-state index in [1.54, 1.807) is 0 Å². The number of aryl methyl sites for hydroxylation is 2. The Kier molecular flexibility index (Phi) is 5.21. The first-order chi connectivity index (χ1) is 16.9. The Hall–Kier alpha value is -3.53. The van der Waals surface area contributed by atoms with Crippen LogP contribution in [0.25, 0.3) is 22.4 Å². The Labute approximate surface area is 201 Å². The Morgan fingerprint density at radius 2 is 1.77 bits per heavy atom. The van der Waals surface area contributed by atoms with Gasteiger partial charge < -0.3 is 9.64 Å². The summed E-state index contributed by atoms with van der Waals surface area (Å²) in [5.41, 5.74) is 3.47. The fraction of sp³-hybridized carbons (Fsp3) is 0.400. The van der Waals surface area contributed by atoms with E-state index in [4.69, 9.17) is 19.8 Å². The van der Waals surface area contributed by atoms with Crippen LogP contribution in [0, 0.1) is 25.5 Å². The second-order valence-corrected chi connectivity index (χ2v) is 9.36. The van der Waals surface area contributed by atoms with Crippen LogP contribution in [0.5, 0.6) is 0 Å². The lowest BCUT2D eigenvalue weighted by Gasteiger charge is -2.36. The lowest BCUT2D eigenvalue weighted by atomic mass is 10.1. The van der Waals surface area contributed by atoms with Crippen molar-refractivity contribution in [1.29, 1.82) is 0 Å². The maximum absolute atomic E-state index is 14.8. The van der Waals surface area contributed by atoms with Gasteiger partial charge >= 0.3 is 0 Å². The first-order valence-electron chi connectivity index (χ1n) is 11.8. The van der Waals surface area contributed by atoms with Crippen LogP contribution in [-0.4, -0.2) is 48.9 Å². The monoisotopic (exact) mass is 477 g/mol. The van der Waals surface area contributed by atoms with Gasteiger partial charge in [-0.25, -0.2) is 23.7 Å². The molecule has 2 fully saturated rings. The molecule has 4 aromatic rings. The second-order valence-electron chi connectivity index (χ2n) is 9.36. The van der Waals surface area contributed by atoms with Gasteiger partial charge in [0.2, 0.25) is 5.95 Å². The van der Waals surface area contributed by atoms with Crippen LogP contribution < -0.4 is 4.90 Å². The number of halogens is 2. The molecule has 1 aliphatic heterocycles. The molecule has 0 radical (unpaired) electrons. The molecular formula is C25H25F2N7O. The SMILES string of the molecule is Cc1nc2nc(N3CC(C)OC(c4ccn(C5CC5)n4)C3)nc(-c3ccc(F)cc3F)c2nc1C. The fourth-order valence-corrected chi connectivity index (χ4v) is 4.46. The molecule has 3 aromatic heterocycles. The van der Waals surface area contributed by atoms with Crippen LogP contribution in [0.3, 0.4) is 0 Å². The maximum Gasteiger partial charge on any atom is 0.228 e. The molecule has 2 unspecified atom stereocenters. The second kappa shape index (κ2) is 8.30. The smallest absolute Gasteiger partial charge is 0.228 e. The van der Waals surface area contributed by atoms with Gasteiger partial charge in [-0.1, -0.05) is 0 Å². The van der Waals surface area contributed by atoms with Crippen LogP contribution in [0.4, 0.5) is 14.7 Å². The number of aromatic nitrogens is 6. The predicted octanol–water partition coefficient (Wildman–Crippen LogP) is 4.48. The standard InChI is InChI=1S/C25H25F2N7O/c1-13-11-33(12-21(35-13)20-8-9-34(32-20)17-5-6-17)25-30-22(18-7-4-16(26)10-19(18)27)23-24(31-25)29-15(3)14(2)28-23/h4,7-10,13,17,21H,5-6,11-12H2,1-3H3. The van der Waals surface area contributed by atoms with Crippen molar-refractivity contribution in [3.63, 3.8) is 0 Å². The van der Waals surface area contributed by atoms with Gasteiger partial charge in [0.05, 0.1) is 35.8 Å². The van der Waals surface area contributed by atoms with Crippen LogP contribution in [0.15, 0.2) is 30.5 Å². The molecule has 2 aliphatic rings. The van der Waals surface area contributed by atoms with Crippen LogP contribution in [-0.2, 0) is 4.74 Å². The molecule has 0 amide bonds. The normalized spacial score (nSPS) is 20.5. The van der Waals surface area contributed by atoms with E-state index in [1.165, 1.54) is 12.1 Å². The van der Waals surface area contributed by atoms with Gasteiger partial charge in [0.15, 0.2) is 5.65 Å². The summed E-state index contributed by atoms with van der Waals surface area (Å²) in [7, 11) is 0. The molecule has 0 N–H and O–H groups in total. The largest absolute Gasteiger partial charge is 0.365 e. The molecular weight excluding hydrogens is 452 g/mol. The van der Waals surface area contributed by atoms with Crippen molar-refractivity contribution < 1.29 is 13.5 Å². The summed E-state index contributed by atoms with van der Waals surface area (Å²) in [6.07, 6.45) is 3.96. The van der Waals surface area contributed by atoms with E-state index < -0.39 is 11.6 Å². The van der Waals surface area contributed by atoms with Crippen molar-refractivity contribution in [2.75, 3.05) is 18.0 Å². The summed E-state index contributed by atoms with van der Waals surface area (Å²) in [6.45, 7) is 6.71. The number of hydrogen-bond acceptors (Lipinski definition) is 7. The summed E-state index contributed by atoms with van der Waals surface area (Å²) < 4.78 is 36.7. The van der Waals surface area contributed by atoms with Crippen molar-refractivity contribution >= 4 is 17.1 Å². The van der Waals surface area contributed by atoms with E-state index in [-0.39, 0.29) is 23.5 Å². The van der Waals surface area contributed by atoms with Crippen LogP contribution in [0.2, 0.25) is 0 Å². The number of morpholine rings is 1. The first kappa shape index (κ1) is 22.0. The molecule has 1 saturated carbocycles. The van der Waals surface area contributed by atoms with E-state index >= 15 is 0 Å². The van der Waals surface area contributed by atoms with E-state index in [0.717, 1.165) is 30.3 Å². The molecule has 35 heavy (non-hydrogen) atoms. The van der Waals surface area contributed by atoms with E-state index in [9.17, 15) is 8.78 Å². The number of anilines is 1. The van der Waals surface area contributed by atoms with Gasteiger partial charge in [0, 0.05) is 24.4 Å². The summed E-state index contributed by atoms with van der Waals surface area (Å²) in [5.74, 6) is -0.969. The molecule has 1 aromatic carbocycles. The third-order valence-electron chi connectivity index (χ3n) is 6.54. The van der Waals surface area contributed by atoms with E-state index in [2.05, 4.69) is 9.97 Å². The van der Waals surface area contributed by atoms with Crippen molar-refractivity contribution in [3.8, 4) is 11.3 Å². The molecule has 0 bridgehead atoms. The molecule has 180 valence electrons. The fourth-order valence-electron chi connectivity index (χ4n) is 4.46. The first-order valence-corrected chi connectivity index (χ1v) is 11.8. The number of benzene rings is 1. The van der Waals surface area contributed by atoms with Gasteiger partial charge in [-0.05, 0) is 51.8 Å². The van der Waals surface area contributed by atoms with Crippen molar-refractivity contribution in [1.82, 2.24) is 29.7 Å². The minimum atomic E-state index is -0.713. The van der Waals surface area contributed by atoms with Crippen LogP contribution in [0.1, 0.15) is 49.0 Å². The zero-order chi connectivity index (χ0) is 24.3. The molecule has 1 saturated heterocycles. The van der Waals surface area contributed by atoms with Crippen molar-refractivity contribution in [2.45, 2.75) is 51.9 Å². The molecule has 2 atom stereocenters. The number of fused-ring (bicyclic) bond motifs is 1. The summed E-state index contributed by atoms with van der Waals surface area (Å²) in [5, 5.41) is 4.73. The number of nitrogens with zero attached hydrogens (tertiary/aromatic N) is 7. The average molecular weight is 478 g/mol. The van der Waals surface area contributed by atoms with E-state index in [1.807, 2.05) is 42.6 Å². The topological polar surface area (TPSA) is 81.9 Å². The third-order valence-corrected chi connectivity index (χ3v) is 6.54. The quantitative estimate of drug-likeness (QED) is 0.429. The Morgan fingerprint density at radius 3 is 2.54 bits per heavy atom. The van der Waals surface area contributed by atoms with E-state index in [0.29, 0.717) is 41.9 Å². The van der Waals surface area contributed by atoms with Gasteiger partial charge in [-0.2, -0.15) is 10.1 Å². The minimum absolute atomic E-state index is 0.101. The number of rotatable bonds is 4. The van der Waals surface area contributed by atoms with Gasteiger partial charge in [-0.15, -0.1) is 0 Å². The summed E-state index contributed by atoms with van der Waals surface area (Å²) >= 11 is 0. The van der Waals surface area contributed by atoms with Gasteiger partial charge in [0.25, 0.3) is 0 Å². The molecule has 0 spiro atoms. The van der Waals surface area contributed by atoms with Gasteiger partial charge in [-0.3, -0.25) is 4.68 Å². The molecule has 10 heteroatoms. The summed E-state index contributed by atoms with van der Waals surface area (Å²) in [4.78, 5) is 20.7. The van der Waals surface area contributed by atoms with Crippen molar-refractivity contribution in [3.05, 3.63) is 59.2 Å².